The van der Waals surface area contributed by atoms with Crippen molar-refractivity contribution in [2.45, 2.75) is 38.7 Å². The molecule has 1 aliphatic carbocycles. The van der Waals surface area contributed by atoms with E-state index in [4.69, 9.17) is 4.74 Å². The highest BCUT2D eigenvalue weighted by atomic mass is 16.5. The summed E-state index contributed by atoms with van der Waals surface area (Å²) in [4.78, 5) is 19.2. The van der Waals surface area contributed by atoms with Crippen LogP contribution in [-0.4, -0.2) is 29.2 Å². The van der Waals surface area contributed by atoms with Gasteiger partial charge in [-0.3, -0.25) is 0 Å². The van der Waals surface area contributed by atoms with Crippen LogP contribution in [0.5, 0.6) is 5.88 Å². The van der Waals surface area contributed by atoms with Gasteiger partial charge in [0.1, 0.15) is 6.10 Å². The molecule has 0 unspecified atom stereocenters. The second kappa shape index (κ2) is 5.80. The number of hydrogen-bond donors (Lipinski definition) is 0. The summed E-state index contributed by atoms with van der Waals surface area (Å²) in [7, 11) is 1.32. The Morgan fingerprint density at radius 3 is 2.50 bits per heavy atom. The summed E-state index contributed by atoms with van der Waals surface area (Å²) in [5.74, 6) is 0.778. The first kappa shape index (κ1) is 12.8. The van der Waals surface area contributed by atoms with Gasteiger partial charge in [0.25, 0.3) is 0 Å². The molecule has 1 aromatic heterocycles. The molecule has 1 fully saturated rings. The first-order valence-electron chi connectivity index (χ1n) is 6.26. The van der Waals surface area contributed by atoms with Crippen LogP contribution in [-0.2, 0) is 4.74 Å². The van der Waals surface area contributed by atoms with E-state index >= 15 is 0 Å². The second-order valence-corrected chi connectivity index (χ2v) is 4.73. The Hall–Kier alpha value is -1.65. The SMILES string of the molecule is COC(=O)c1cnc(OC2CCC(C)CC2)cn1. The summed E-state index contributed by atoms with van der Waals surface area (Å²) in [5.41, 5.74) is 0.196. The van der Waals surface area contributed by atoms with Gasteiger partial charge in [0, 0.05) is 0 Å². The van der Waals surface area contributed by atoms with E-state index in [1.807, 2.05) is 0 Å². The molecule has 0 radical (unpaired) electrons. The summed E-state index contributed by atoms with van der Waals surface area (Å²) in [6.07, 6.45) is 7.58. The molecule has 18 heavy (non-hydrogen) atoms. The van der Waals surface area contributed by atoms with Crippen molar-refractivity contribution >= 4 is 5.97 Å². The molecule has 0 saturated heterocycles. The fourth-order valence-corrected chi connectivity index (χ4v) is 2.11. The quantitative estimate of drug-likeness (QED) is 0.770. The normalized spacial score (nSPS) is 23.4. The largest absolute Gasteiger partial charge is 0.473 e. The molecule has 1 heterocycles. The molecule has 0 N–H and O–H groups in total. The summed E-state index contributed by atoms with van der Waals surface area (Å²) in [6, 6.07) is 0. The van der Waals surface area contributed by atoms with E-state index in [9.17, 15) is 4.79 Å². The van der Waals surface area contributed by atoms with E-state index in [-0.39, 0.29) is 11.8 Å². The van der Waals surface area contributed by atoms with Gasteiger partial charge in [0.2, 0.25) is 5.88 Å². The van der Waals surface area contributed by atoms with E-state index in [0.717, 1.165) is 18.8 Å². The van der Waals surface area contributed by atoms with Crippen molar-refractivity contribution in [1.82, 2.24) is 9.97 Å². The Morgan fingerprint density at radius 1 is 1.22 bits per heavy atom. The van der Waals surface area contributed by atoms with E-state index in [1.165, 1.54) is 32.3 Å². The van der Waals surface area contributed by atoms with Crippen LogP contribution in [0.2, 0.25) is 0 Å². The number of carbonyl (C=O) groups excluding carboxylic acids is 1. The average molecular weight is 250 g/mol. The lowest BCUT2D eigenvalue weighted by Gasteiger charge is -2.26. The van der Waals surface area contributed by atoms with Crippen LogP contribution in [0.4, 0.5) is 0 Å². The Bertz CT molecular complexity index is 397. The molecule has 0 amide bonds. The van der Waals surface area contributed by atoms with Crippen molar-refractivity contribution in [3.8, 4) is 5.88 Å². The van der Waals surface area contributed by atoms with Crippen LogP contribution in [0.1, 0.15) is 43.1 Å². The van der Waals surface area contributed by atoms with Crippen LogP contribution >= 0.6 is 0 Å². The van der Waals surface area contributed by atoms with Crippen molar-refractivity contribution in [2.75, 3.05) is 7.11 Å². The molecule has 5 nitrogen and oxygen atoms in total. The Labute approximate surface area is 107 Å². The minimum atomic E-state index is -0.486. The van der Waals surface area contributed by atoms with Crippen LogP contribution in [0.15, 0.2) is 12.4 Å². The van der Waals surface area contributed by atoms with Crippen LogP contribution in [0.3, 0.4) is 0 Å². The Balaban J connectivity index is 1.92. The highest BCUT2D eigenvalue weighted by Gasteiger charge is 2.20. The number of carbonyl (C=O) groups is 1. The predicted molar refractivity (Wildman–Crippen MR) is 65.4 cm³/mol. The zero-order valence-electron chi connectivity index (χ0n) is 10.8. The molecule has 0 spiro atoms. The number of aromatic nitrogens is 2. The molecule has 0 aromatic carbocycles. The summed E-state index contributed by atoms with van der Waals surface area (Å²) in [5, 5.41) is 0. The van der Waals surface area contributed by atoms with Gasteiger partial charge >= 0.3 is 5.97 Å². The smallest absolute Gasteiger partial charge is 0.358 e. The molecule has 0 aliphatic heterocycles. The maximum atomic E-state index is 11.2. The third-order valence-corrected chi connectivity index (χ3v) is 3.27. The molecule has 98 valence electrons. The first-order valence-corrected chi connectivity index (χ1v) is 6.26. The van der Waals surface area contributed by atoms with Crippen molar-refractivity contribution in [1.29, 1.82) is 0 Å². The zero-order chi connectivity index (χ0) is 13.0. The molecule has 1 aromatic rings. The predicted octanol–water partition coefficient (Wildman–Crippen LogP) is 2.22. The summed E-state index contributed by atoms with van der Waals surface area (Å²) >= 11 is 0. The second-order valence-electron chi connectivity index (χ2n) is 4.73. The van der Waals surface area contributed by atoms with Crippen LogP contribution in [0.25, 0.3) is 0 Å². The van der Waals surface area contributed by atoms with E-state index in [0.29, 0.717) is 5.88 Å². The Morgan fingerprint density at radius 2 is 1.94 bits per heavy atom. The molecule has 1 aliphatic rings. The van der Waals surface area contributed by atoms with Gasteiger partial charge in [-0.05, 0) is 31.6 Å². The van der Waals surface area contributed by atoms with Gasteiger partial charge in [-0.25, -0.2) is 14.8 Å². The van der Waals surface area contributed by atoms with Gasteiger partial charge in [0.05, 0.1) is 19.5 Å². The van der Waals surface area contributed by atoms with Gasteiger partial charge in [-0.2, -0.15) is 0 Å². The van der Waals surface area contributed by atoms with Crippen LogP contribution < -0.4 is 4.74 Å². The zero-order valence-corrected chi connectivity index (χ0v) is 10.8. The maximum Gasteiger partial charge on any atom is 0.358 e. The number of nitrogens with zero attached hydrogens (tertiary/aromatic N) is 2. The van der Waals surface area contributed by atoms with Crippen molar-refractivity contribution in [3.05, 3.63) is 18.1 Å². The van der Waals surface area contributed by atoms with Crippen molar-refractivity contribution in [3.63, 3.8) is 0 Å². The van der Waals surface area contributed by atoms with Gasteiger partial charge in [-0.1, -0.05) is 6.92 Å². The van der Waals surface area contributed by atoms with E-state index in [2.05, 4.69) is 21.6 Å². The molecule has 0 atom stereocenters. The lowest BCUT2D eigenvalue weighted by Crippen LogP contribution is -2.23. The standard InChI is InChI=1S/C13H18N2O3/c1-9-3-5-10(6-4-9)18-12-8-14-11(7-15-12)13(16)17-2/h7-10H,3-6H2,1-2H3. The number of methoxy groups -OCH3 is 1. The number of hydrogen-bond acceptors (Lipinski definition) is 5. The molecular formula is C13H18N2O3. The average Bonchev–Trinajstić information content (AvgIpc) is 2.41. The van der Waals surface area contributed by atoms with E-state index in [1.54, 1.807) is 0 Å². The molecule has 0 bridgehead atoms. The highest BCUT2D eigenvalue weighted by Crippen LogP contribution is 2.26. The van der Waals surface area contributed by atoms with Gasteiger partial charge in [0.15, 0.2) is 5.69 Å². The molecular weight excluding hydrogens is 232 g/mol. The minimum Gasteiger partial charge on any atom is -0.473 e. The topological polar surface area (TPSA) is 61.3 Å². The van der Waals surface area contributed by atoms with E-state index < -0.39 is 5.97 Å². The first-order chi connectivity index (χ1) is 8.69. The van der Waals surface area contributed by atoms with Gasteiger partial charge in [-0.15, -0.1) is 0 Å². The summed E-state index contributed by atoms with van der Waals surface area (Å²) < 4.78 is 10.3. The fraction of sp³-hybridized carbons (Fsp3) is 0.615. The maximum absolute atomic E-state index is 11.2. The van der Waals surface area contributed by atoms with Crippen LogP contribution in [0, 0.1) is 5.92 Å². The highest BCUT2D eigenvalue weighted by molar-refractivity contribution is 5.86. The monoisotopic (exact) mass is 250 g/mol. The Kier molecular flexibility index (Phi) is 4.12. The lowest BCUT2D eigenvalue weighted by molar-refractivity contribution is 0.0593. The fourth-order valence-electron chi connectivity index (χ4n) is 2.11. The molecule has 5 heteroatoms. The summed E-state index contributed by atoms with van der Waals surface area (Å²) in [6.45, 7) is 2.27. The molecule has 1 saturated carbocycles. The molecule has 2 rings (SSSR count). The minimum absolute atomic E-state index is 0.196. The number of esters is 1. The van der Waals surface area contributed by atoms with Gasteiger partial charge < -0.3 is 9.47 Å². The lowest BCUT2D eigenvalue weighted by atomic mass is 9.89. The van der Waals surface area contributed by atoms with Crippen molar-refractivity contribution < 1.29 is 14.3 Å². The third kappa shape index (κ3) is 3.18. The number of rotatable bonds is 3. The third-order valence-electron chi connectivity index (χ3n) is 3.27. The number of ether oxygens (including phenoxy) is 2. The van der Waals surface area contributed by atoms with Crippen molar-refractivity contribution in [2.24, 2.45) is 5.92 Å².